The van der Waals surface area contributed by atoms with Crippen molar-refractivity contribution in [1.29, 1.82) is 0 Å². The highest BCUT2D eigenvalue weighted by molar-refractivity contribution is 6.33. The van der Waals surface area contributed by atoms with Gasteiger partial charge in [0.1, 0.15) is 5.82 Å². The first-order valence-electron chi connectivity index (χ1n) is 8.20. The number of aromatic nitrogens is 2. The van der Waals surface area contributed by atoms with E-state index >= 15 is 0 Å². The fraction of sp³-hybridized carbons (Fsp3) is 0.150. The molecule has 0 saturated heterocycles. The van der Waals surface area contributed by atoms with Crippen LogP contribution in [-0.4, -0.2) is 15.9 Å². The molecule has 0 aliphatic rings. The zero-order valence-corrected chi connectivity index (χ0v) is 15.3. The van der Waals surface area contributed by atoms with E-state index in [-0.39, 0.29) is 5.91 Å². The standard InChI is InChI=1S/C20H19ClN4O/c1-13-9-14(2)19(17(21)10-13)25-18-4-3-16(12-23-18)20(26)24-11-15-5-7-22-8-6-15/h3-10,12H,11H2,1-2H3,(H,23,25)(H,24,26). The fourth-order valence-electron chi connectivity index (χ4n) is 2.59. The van der Waals surface area contributed by atoms with E-state index in [4.69, 9.17) is 11.6 Å². The average molecular weight is 367 g/mol. The van der Waals surface area contributed by atoms with Crippen molar-refractivity contribution >= 4 is 29.0 Å². The molecule has 0 fully saturated rings. The van der Waals surface area contributed by atoms with Crippen LogP contribution in [0, 0.1) is 13.8 Å². The zero-order valence-electron chi connectivity index (χ0n) is 14.6. The van der Waals surface area contributed by atoms with Crippen molar-refractivity contribution in [2.45, 2.75) is 20.4 Å². The third kappa shape index (κ3) is 4.37. The summed E-state index contributed by atoms with van der Waals surface area (Å²) < 4.78 is 0. The molecule has 0 spiro atoms. The highest BCUT2D eigenvalue weighted by Crippen LogP contribution is 2.29. The zero-order chi connectivity index (χ0) is 18.5. The maximum atomic E-state index is 12.2. The number of carbonyl (C=O) groups is 1. The highest BCUT2D eigenvalue weighted by Gasteiger charge is 2.09. The quantitative estimate of drug-likeness (QED) is 0.701. The number of hydrogen-bond acceptors (Lipinski definition) is 4. The van der Waals surface area contributed by atoms with Crippen molar-refractivity contribution < 1.29 is 4.79 Å². The van der Waals surface area contributed by atoms with Gasteiger partial charge in [-0.3, -0.25) is 9.78 Å². The molecule has 3 rings (SSSR count). The second-order valence-corrected chi connectivity index (χ2v) is 6.44. The van der Waals surface area contributed by atoms with Crippen molar-refractivity contribution in [1.82, 2.24) is 15.3 Å². The number of benzene rings is 1. The van der Waals surface area contributed by atoms with Crippen LogP contribution < -0.4 is 10.6 Å². The van der Waals surface area contributed by atoms with E-state index in [2.05, 4.69) is 26.7 Å². The Hall–Kier alpha value is -2.92. The van der Waals surface area contributed by atoms with E-state index in [0.29, 0.717) is 22.9 Å². The van der Waals surface area contributed by atoms with Gasteiger partial charge >= 0.3 is 0 Å². The van der Waals surface area contributed by atoms with Crippen LogP contribution in [-0.2, 0) is 6.54 Å². The molecule has 2 N–H and O–H groups in total. The Balaban J connectivity index is 1.66. The summed E-state index contributed by atoms with van der Waals surface area (Å²) in [5.41, 5.74) is 4.45. The van der Waals surface area contributed by atoms with Gasteiger partial charge in [-0.05, 0) is 60.9 Å². The van der Waals surface area contributed by atoms with Crippen LogP contribution in [0.1, 0.15) is 27.0 Å². The van der Waals surface area contributed by atoms with Gasteiger partial charge in [-0.1, -0.05) is 17.7 Å². The maximum Gasteiger partial charge on any atom is 0.253 e. The van der Waals surface area contributed by atoms with Gasteiger partial charge < -0.3 is 10.6 Å². The number of carbonyl (C=O) groups excluding carboxylic acids is 1. The van der Waals surface area contributed by atoms with Crippen molar-refractivity contribution in [3.05, 3.63) is 82.3 Å². The van der Waals surface area contributed by atoms with Crippen LogP contribution in [0.25, 0.3) is 0 Å². The third-order valence-electron chi connectivity index (χ3n) is 3.91. The summed E-state index contributed by atoms with van der Waals surface area (Å²) in [6, 6.07) is 11.2. The highest BCUT2D eigenvalue weighted by atomic mass is 35.5. The number of amides is 1. The van der Waals surface area contributed by atoms with E-state index in [1.807, 2.05) is 32.0 Å². The van der Waals surface area contributed by atoms with E-state index in [0.717, 1.165) is 22.4 Å². The van der Waals surface area contributed by atoms with Gasteiger partial charge in [-0.25, -0.2) is 4.98 Å². The minimum atomic E-state index is -0.176. The monoisotopic (exact) mass is 366 g/mol. The minimum absolute atomic E-state index is 0.176. The number of halogens is 1. The lowest BCUT2D eigenvalue weighted by Crippen LogP contribution is -2.22. The predicted octanol–water partition coefficient (Wildman–Crippen LogP) is 4.42. The van der Waals surface area contributed by atoms with Gasteiger partial charge in [-0.2, -0.15) is 0 Å². The van der Waals surface area contributed by atoms with Gasteiger partial charge in [0.2, 0.25) is 0 Å². The van der Waals surface area contributed by atoms with Crippen LogP contribution in [0.5, 0.6) is 0 Å². The van der Waals surface area contributed by atoms with Crippen molar-refractivity contribution in [2.24, 2.45) is 0 Å². The normalized spacial score (nSPS) is 10.4. The van der Waals surface area contributed by atoms with Gasteiger partial charge in [0, 0.05) is 25.1 Å². The Morgan fingerprint density at radius 2 is 1.88 bits per heavy atom. The summed E-state index contributed by atoms with van der Waals surface area (Å²) in [7, 11) is 0. The smallest absolute Gasteiger partial charge is 0.253 e. The van der Waals surface area contributed by atoms with Crippen molar-refractivity contribution in [3.8, 4) is 0 Å². The molecule has 1 aromatic carbocycles. The Morgan fingerprint density at radius 3 is 2.54 bits per heavy atom. The second-order valence-electron chi connectivity index (χ2n) is 6.03. The Kier molecular flexibility index (Phi) is 5.49. The van der Waals surface area contributed by atoms with Gasteiger partial charge in [-0.15, -0.1) is 0 Å². The number of nitrogens with one attached hydrogen (secondary N) is 2. The average Bonchev–Trinajstić information content (AvgIpc) is 2.64. The minimum Gasteiger partial charge on any atom is -0.348 e. The molecule has 0 unspecified atom stereocenters. The molecule has 0 aliphatic carbocycles. The third-order valence-corrected chi connectivity index (χ3v) is 4.21. The van der Waals surface area contributed by atoms with Crippen LogP contribution in [0.3, 0.4) is 0 Å². The Bertz CT molecular complexity index is 888. The van der Waals surface area contributed by atoms with Gasteiger partial charge in [0.25, 0.3) is 5.91 Å². The van der Waals surface area contributed by atoms with Crippen molar-refractivity contribution in [2.75, 3.05) is 5.32 Å². The topological polar surface area (TPSA) is 66.9 Å². The van der Waals surface area contributed by atoms with Crippen LogP contribution in [0.15, 0.2) is 55.0 Å². The Labute approximate surface area is 157 Å². The summed E-state index contributed by atoms with van der Waals surface area (Å²) in [4.78, 5) is 20.5. The molecule has 26 heavy (non-hydrogen) atoms. The van der Waals surface area contributed by atoms with Crippen molar-refractivity contribution in [3.63, 3.8) is 0 Å². The summed E-state index contributed by atoms with van der Waals surface area (Å²) >= 11 is 6.31. The molecule has 132 valence electrons. The fourth-order valence-corrected chi connectivity index (χ4v) is 2.96. The van der Waals surface area contributed by atoms with Crippen LogP contribution >= 0.6 is 11.6 Å². The van der Waals surface area contributed by atoms with Gasteiger partial charge in [0.05, 0.1) is 16.3 Å². The molecule has 0 atom stereocenters. The summed E-state index contributed by atoms with van der Waals surface area (Å²) in [5, 5.41) is 6.71. The number of aryl methyl sites for hydroxylation is 2. The van der Waals surface area contributed by atoms with Crippen LogP contribution in [0.2, 0.25) is 5.02 Å². The molecule has 1 amide bonds. The van der Waals surface area contributed by atoms with E-state index in [1.54, 1.807) is 30.7 Å². The second kappa shape index (κ2) is 7.97. The summed E-state index contributed by atoms with van der Waals surface area (Å²) in [6.07, 6.45) is 4.94. The summed E-state index contributed by atoms with van der Waals surface area (Å²) in [5.74, 6) is 0.454. The first kappa shape index (κ1) is 17.9. The summed E-state index contributed by atoms with van der Waals surface area (Å²) in [6.45, 7) is 4.43. The van der Waals surface area contributed by atoms with E-state index < -0.39 is 0 Å². The number of nitrogens with zero attached hydrogens (tertiary/aromatic N) is 2. The lowest BCUT2D eigenvalue weighted by molar-refractivity contribution is 0.0950. The molecule has 0 bridgehead atoms. The Morgan fingerprint density at radius 1 is 1.12 bits per heavy atom. The first-order chi connectivity index (χ1) is 12.5. The molecule has 3 aromatic rings. The lowest BCUT2D eigenvalue weighted by Gasteiger charge is -2.12. The largest absolute Gasteiger partial charge is 0.348 e. The molecule has 6 heteroatoms. The van der Waals surface area contributed by atoms with Crippen LogP contribution in [0.4, 0.5) is 11.5 Å². The maximum absolute atomic E-state index is 12.2. The molecular weight excluding hydrogens is 348 g/mol. The van der Waals surface area contributed by atoms with E-state index in [1.165, 1.54) is 0 Å². The molecule has 2 aromatic heterocycles. The molecular formula is C20H19ClN4O. The molecule has 0 radical (unpaired) electrons. The lowest BCUT2D eigenvalue weighted by atomic mass is 10.1. The first-order valence-corrected chi connectivity index (χ1v) is 8.57. The molecule has 0 saturated carbocycles. The molecule has 5 nitrogen and oxygen atoms in total. The van der Waals surface area contributed by atoms with E-state index in [9.17, 15) is 4.79 Å². The number of anilines is 2. The molecule has 2 heterocycles. The number of hydrogen-bond donors (Lipinski definition) is 2. The number of pyridine rings is 2. The molecule has 0 aliphatic heterocycles. The SMILES string of the molecule is Cc1cc(C)c(Nc2ccc(C(=O)NCc3ccncc3)cn2)c(Cl)c1. The number of rotatable bonds is 5. The predicted molar refractivity (Wildman–Crippen MR) is 104 cm³/mol. The van der Waals surface area contributed by atoms with Gasteiger partial charge in [0.15, 0.2) is 0 Å².